The van der Waals surface area contributed by atoms with E-state index >= 15 is 0 Å². The van der Waals surface area contributed by atoms with Gasteiger partial charge in [0, 0.05) is 16.7 Å². The van der Waals surface area contributed by atoms with Gasteiger partial charge in [0.05, 0.1) is 16.8 Å². The lowest BCUT2D eigenvalue weighted by molar-refractivity contribution is 0.0329. The molecule has 0 spiro atoms. The minimum atomic E-state index is 0.421. The Morgan fingerprint density at radius 2 is 2.20 bits per heavy atom. The van der Waals surface area contributed by atoms with Crippen molar-refractivity contribution in [1.29, 1.82) is 0 Å². The summed E-state index contributed by atoms with van der Waals surface area (Å²) in [6.07, 6.45) is 2.56. The maximum atomic E-state index is 6.13. The second-order valence-electron chi connectivity index (χ2n) is 3.79. The highest BCUT2D eigenvalue weighted by Crippen LogP contribution is 2.30. The zero-order valence-corrected chi connectivity index (χ0v) is 11.4. The molecule has 15 heavy (non-hydrogen) atoms. The predicted molar refractivity (Wildman–Crippen MR) is 71.6 cm³/mol. The fourth-order valence-electron chi connectivity index (χ4n) is 1.70. The van der Waals surface area contributed by atoms with Crippen molar-refractivity contribution < 1.29 is 4.74 Å². The lowest BCUT2D eigenvalue weighted by Gasteiger charge is -2.35. The average Bonchev–Trinajstić information content (AvgIpc) is 2.13. The van der Waals surface area contributed by atoms with Crippen molar-refractivity contribution in [1.82, 2.24) is 0 Å². The largest absolute Gasteiger partial charge is 0.381 e. The number of hydrogen-bond donors (Lipinski definition) is 1. The molecule has 1 saturated carbocycles. The molecule has 1 aliphatic rings. The topological polar surface area (TPSA) is 21.3 Å². The van der Waals surface area contributed by atoms with Crippen molar-refractivity contribution in [3.8, 4) is 0 Å². The second kappa shape index (κ2) is 4.89. The molecule has 0 radical (unpaired) electrons. The summed E-state index contributed by atoms with van der Waals surface area (Å²) in [5, 5.41) is 4.22. The van der Waals surface area contributed by atoms with E-state index in [0.717, 1.165) is 27.1 Å². The van der Waals surface area contributed by atoms with Crippen LogP contribution in [0.5, 0.6) is 0 Å². The zero-order valence-electron chi connectivity index (χ0n) is 8.47. The third-order valence-corrected chi connectivity index (χ3v) is 3.70. The van der Waals surface area contributed by atoms with E-state index in [1.54, 1.807) is 7.11 Å². The Labute approximate surface area is 108 Å². The highest BCUT2D eigenvalue weighted by molar-refractivity contribution is 14.1. The SMILES string of the molecule is COC1CC(Nc2ccc(I)cc2Cl)C1. The van der Waals surface area contributed by atoms with Gasteiger partial charge in [-0.15, -0.1) is 0 Å². The van der Waals surface area contributed by atoms with E-state index in [0.29, 0.717) is 12.1 Å². The monoisotopic (exact) mass is 337 g/mol. The molecule has 0 heterocycles. The van der Waals surface area contributed by atoms with E-state index in [-0.39, 0.29) is 0 Å². The van der Waals surface area contributed by atoms with E-state index in [2.05, 4.69) is 34.0 Å². The molecule has 2 nitrogen and oxygen atoms in total. The summed E-state index contributed by atoms with van der Waals surface area (Å²) >= 11 is 8.38. The summed E-state index contributed by atoms with van der Waals surface area (Å²) in [6, 6.07) is 6.56. The number of ether oxygens (including phenoxy) is 1. The third-order valence-electron chi connectivity index (χ3n) is 2.72. The molecule has 0 unspecified atom stereocenters. The molecule has 1 fully saturated rings. The molecule has 4 heteroatoms. The summed E-state index contributed by atoms with van der Waals surface area (Å²) in [6.45, 7) is 0. The third kappa shape index (κ3) is 2.77. The maximum absolute atomic E-state index is 6.13. The molecule has 0 atom stereocenters. The first kappa shape index (κ1) is 11.5. The van der Waals surface area contributed by atoms with Crippen LogP contribution in [0.15, 0.2) is 18.2 Å². The van der Waals surface area contributed by atoms with E-state index < -0.39 is 0 Å². The Morgan fingerprint density at radius 3 is 2.80 bits per heavy atom. The van der Waals surface area contributed by atoms with Gasteiger partial charge < -0.3 is 10.1 Å². The fourth-order valence-corrected chi connectivity index (χ4v) is 2.61. The first-order valence-electron chi connectivity index (χ1n) is 4.93. The van der Waals surface area contributed by atoms with Gasteiger partial charge in [-0.3, -0.25) is 0 Å². The van der Waals surface area contributed by atoms with Crippen molar-refractivity contribution in [3.63, 3.8) is 0 Å². The van der Waals surface area contributed by atoms with Crippen LogP contribution < -0.4 is 5.32 Å². The van der Waals surface area contributed by atoms with E-state index in [4.69, 9.17) is 16.3 Å². The van der Waals surface area contributed by atoms with Crippen LogP contribution in [0, 0.1) is 3.57 Å². The van der Waals surface area contributed by atoms with Gasteiger partial charge in [-0.2, -0.15) is 0 Å². The molecule has 0 aliphatic heterocycles. The minimum absolute atomic E-state index is 0.421. The van der Waals surface area contributed by atoms with E-state index in [9.17, 15) is 0 Å². The summed E-state index contributed by atoms with van der Waals surface area (Å²) < 4.78 is 6.39. The van der Waals surface area contributed by atoms with E-state index in [1.807, 2.05) is 12.1 Å². The molecule has 0 amide bonds. The standard InChI is InChI=1S/C11H13ClINO/c1-15-9-5-8(6-9)14-11-3-2-7(13)4-10(11)12/h2-4,8-9,14H,5-6H2,1H3. The molecular formula is C11H13ClINO. The van der Waals surface area contributed by atoms with Crippen LogP contribution in [0.2, 0.25) is 5.02 Å². The average molecular weight is 338 g/mol. The number of benzene rings is 1. The molecule has 82 valence electrons. The van der Waals surface area contributed by atoms with Gasteiger partial charge in [0.25, 0.3) is 0 Å². The molecule has 1 aliphatic carbocycles. The Kier molecular flexibility index (Phi) is 3.74. The van der Waals surface area contributed by atoms with Gasteiger partial charge in [-0.25, -0.2) is 0 Å². The Bertz CT molecular complexity index is 352. The number of halogens is 2. The molecule has 1 N–H and O–H groups in total. The number of nitrogens with one attached hydrogen (secondary N) is 1. The van der Waals surface area contributed by atoms with Gasteiger partial charge in [0.1, 0.15) is 0 Å². The van der Waals surface area contributed by atoms with Crippen molar-refractivity contribution in [3.05, 3.63) is 26.8 Å². The lowest BCUT2D eigenvalue weighted by Crippen LogP contribution is -2.40. The summed E-state index contributed by atoms with van der Waals surface area (Å²) in [4.78, 5) is 0. The molecule has 1 aromatic rings. The van der Waals surface area contributed by atoms with Crippen molar-refractivity contribution in [2.75, 3.05) is 12.4 Å². The van der Waals surface area contributed by atoms with Gasteiger partial charge in [-0.1, -0.05) is 11.6 Å². The fraction of sp³-hybridized carbons (Fsp3) is 0.455. The first-order chi connectivity index (χ1) is 7.19. The number of rotatable bonds is 3. The summed E-state index contributed by atoms with van der Waals surface area (Å²) in [5.74, 6) is 0. The Balaban J connectivity index is 1.94. The van der Waals surface area contributed by atoms with Crippen LogP contribution in [0.3, 0.4) is 0 Å². The lowest BCUT2D eigenvalue weighted by atomic mass is 9.89. The maximum Gasteiger partial charge on any atom is 0.0648 e. The highest BCUT2D eigenvalue weighted by Gasteiger charge is 2.28. The van der Waals surface area contributed by atoms with Gasteiger partial charge in [0.15, 0.2) is 0 Å². The van der Waals surface area contributed by atoms with Crippen LogP contribution >= 0.6 is 34.2 Å². The van der Waals surface area contributed by atoms with Crippen LogP contribution in [0.25, 0.3) is 0 Å². The molecule has 0 aromatic heterocycles. The zero-order chi connectivity index (χ0) is 10.8. The van der Waals surface area contributed by atoms with Crippen molar-refractivity contribution in [2.45, 2.75) is 25.0 Å². The Hall–Kier alpha value is -0.0000000000000000555. The smallest absolute Gasteiger partial charge is 0.0648 e. The van der Waals surface area contributed by atoms with Crippen LogP contribution in [-0.4, -0.2) is 19.3 Å². The van der Waals surface area contributed by atoms with Crippen LogP contribution in [-0.2, 0) is 4.74 Å². The van der Waals surface area contributed by atoms with Gasteiger partial charge >= 0.3 is 0 Å². The minimum Gasteiger partial charge on any atom is -0.381 e. The normalized spacial score (nSPS) is 24.7. The molecule has 2 rings (SSSR count). The first-order valence-corrected chi connectivity index (χ1v) is 6.39. The van der Waals surface area contributed by atoms with Crippen molar-refractivity contribution >= 4 is 39.9 Å². The molecule has 0 saturated heterocycles. The van der Waals surface area contributed by atoms with Crippen LogP contribution in [0.1, 0.15) is 12.8 Å². The summed E-state index contributed by atoms with van der Waals surface area (Å²) in [5.41, 5.74) is 1.02. The predicted octanol–water partition coefficient (Wildman–Crippen LogP) is 3.53. The van der Waals surface area contributed by atoms with Crippen molar-refractivity contribution in [2.24, 2.45) is 0 Å². The molecular weight excluding hydrogens is 324 g/mol. The second-order valence-corrected chi connectivity index (χ2v) is 5.45. The highest BCUT2D eigenvalue weighted by atomic mass is 127. The number of methoxy groups -OCH3 is 1. The number of hydrogen-bond acceptors (Lipinski definition) is 2. The van der Waals surface area contributed by atoms with E-state index in [1.165, 1.54) is 0 Å². The quantitative estimate of drug-likeness (QED) is 0.852. The van der Waals surface area contributed by atoms with Gasteiger partial charge in [0.2, 0.25) is 0 Å². The summed E-state index contributed by atoms with van der Waals surface area (Å²) in [7, 11) is 1.76. The van der Waals surface area contributed by atoms with Crippen LogP contribution in [0.4, 0.5) is 5.69 Å². The van der Waals surface area contributed by atoms with Gasteiger partial charge in [-0.05, 0) is 53.6 Å². The Morgan fingerprint density at radius 1 is 1.47 bits per heavy atom. The molecule has 1 aromatic carbocycles. The number of anilines is 1. The molecule has 0 bridgehead atoms.